The van der Waals surface area contributed by atoms with Gasteiger partial charge in [-0.3, -0.25) is 0 Å². The summed E-state index contributed by atoms with van der Waals surface area (Å²) in [5.41, 5.74) is 1.30. The molecule has 0 bridgehead atoms. The van der Waals surface area contributed by atoms with Gasteiger partial charge in [0, 0.05) is 10.0 Å². The van der Waals surface area contributed by atoms with Gasteiger partial charge < -0.3 is 9.47 Å². The molecule has 104 valence electrons. The van der Waals surface area contributed by atoms with Gasteiger partial charge in [0.05, 0.1) is 17.1 Å². The van der Waals surface area contributed by atoms with Crippen molar-refractivity contribution in [3.05, 3.63) is 62.5 Å². The summed E-state index contributed by atoms with van der Waals surface area (Å²) in [5.74, 6) is 0.354. The van der Waals surface area contributed by atoms with E-state index in [1.165, 1.54) is 7.11 Å². The maximum absolute atomic E-state index is 11.7. The number of halogens is 2. The molecule has 0 unspecified atom stereocenters. The van der Waals surface area contributed by atoms with Crippen LogP contribution in [-0.4, -0.2) is 13.1 Å². The second-order valence-electron chi connectivity index (χ2n) is 4.01. The molecule has 0 saturated heterocycles. The van der Waals surface area contributed by atoms with Crippen molar-refractivity contribution < 1.29 is 14.3 Å². The van der Waals surface area contributed by atoms with Crippen molar-refractivity contribution in [2.75, 3.05) is 7.11 Å². The highest BCUT2D eigenvalue weighted by atomic mass is 79.9. The first kappa shape index (κ1) is 15.1. The topological polar surface area (TPSA) is 35.5 Å². The van der Waals surface area contributed by atoms with Crippen LogP contribution in [0.2, 0.25) is 0 Å². The van der Waals surface area contributed by atoms with Crippen molar-refractivity contribution in [3.8, 4) is 5.75 Å². The minimum Gasteiger partial charge on any atom is -0.488 e. The molecule has 0 spiro atoms. The molecule has 0 heterocycles. The Morgan fingerprint density at radius 3 is 2.60 bits per heavy atom. The SMILES string of the molecule is COC(=O)c1ccccc1COc1ccc(Br)cc1Br. The van der Waals surface area contributed by atoms with Crippen LogP contribution in [0.25, 0.3) is 0 Å². The van der Waals surface area contributed by atoms with Gasteiger partial charge >= 0.3 is 5.97 Å². The summed E-state index contributed by atoms with van der Waals surface area (Å²) >= 11 is 6.82. The van der Waals surface area contributed by atoms with Gasteiger partial charge in [-0.25, -0.2) is 4.79 Å². The lowest BCUT2D eigenvalue weighted by atomic mass is 10.1. The first-order valence-electron chi connectivity index (χ1n) is 5.86. The molecule has 2 rings (SSSR count). The number of hydrogen-bond donors (Lipinski definition) is 0. The van der Waals surface area contributed by atoms with E-state index in [0.717, 1.165) is 14.5 Å². The fourth-order valence-corrected chi connectivity index (χ4v) is 2.86. The van der Waals surface area contributed by atoms with Crippen molar-refractivity contribution in [1.29, 1.82) is 0 Å². The molecule has 20 heavy (non-hydrogen) atoms. The molecule has 0 fully saturated rings. The number of methoxy groups -OCH3 is 1. The molecule has 0 atom stereocenters. The van der Waals surface area contributed by atoms with Crippen LogP contribution in [0.5, 0.6) is 5.75 Å². The van der Waals surface area contributed by atoms with Crippen LogP contribution < -0.4 is 4.74 Å². The van der Waals surface area contributed by atoms with Crippen LogP contribution in [0.4, 0.5) is 0 Å². The summed E-state index contributed by atoms with van der Waals surface area (Å²) in [6.45, 7) is 0.297. The molecule has 0 aliphatic carbocycles. The number of carbonyl (C=O) groups excluding carboxylic acids is 1. The van der Waals surface area contributed by atoms with Crippen LogP contribution in [-0.2, 0) is 11.3 Å². The Bertz CT molecular complexity index is 626. The normalized spacial score (nSPS) is 10.2. The fraction of sp³-hybridized carbons (Fsp3) is 0.133. The van der Waals surface area contributed by atoms with Crippen LogP contribution in [0.1, 0.15) is 15.9 Å². The summed E-state index contributed by atoms with van der Waals surface area (Å²) in [5, 5.41) is 0. The van der Waals surface area contributed by atoms with Crippen LogP contribution in [0.3, 0.4) is 0 Å². The molecule has 3 nitrogen and oxygen atoms in total. The predicted octanol–water partition coefficient (Wildman–Crippen LogP) is 4.58. The number of ether oxygens (including phenoxy) is 2. The summed E-state index contributed by atoms with van der Waals surface area (Å²) in [7, 11) is 1.37. The molecule has 0 amide bonds. The van der Waals surface area contributed by atoms with Crippen molar-refractivity contribution in [1.82, 2.24) is 0 Å². The van der Waals surface area contributed by atoms with Crippen LogP contribution in [0.15, 0.2) is 51.4 Å². The quantitative estimate of drug-likeness (QED) is 0.706. The van der Waals surface area contributed by atoms with Crippen molar-refractivity contribution in [2.45, 2.75) is 6.61 Å². The molecule has 2 aromatic carbocycles. The second kappa shape index (κ2) is 6.90. The lowest BCUT2D eigenvalue weighted by Crippen LogP contribution is -2.07. The van der Waals surface area contributed by atoms with Crippen LogP contribution >= 0.6 is 31.9 Å². The molecular weight excluding hydrogens is 388 g/mol. The summed E-state index contributed by atoms with van der Waals surface area (Å²) in [6, 6.07) is 12.9. The third kappa shape index (κ3) is 3.61. The smallest absolute Gasteiger partial charge is 0.338 e. The van der Waals surface area contributed by atoms with Gasteiger partial charge in [0.25, 0.3) is 0 Å². The lowest BCUT2D eigenvalue weighted by Gasteiger charge is -2.11. The first-order valence-corrected chi connectivity index (χ1v) is 7.44. The molecule has 0 N–H and O–H groups in total. The number of carbonyl (C=O) groups is 1. The highest BCUT2D eigenvalue weighted by Crippen LogP contribution is 2.29. The Morgan fingerprint density at radius 1 is 1.15 bits per heavy atom. The van der Waals surface area contributed by atoms with Crippen molar-refractivity contribution >= 4 is 37.8 Å². The summed E-state index contributed by atoms with van der Waals surface area (Å²) in [6.07, 6.45) is 0. The van der Waals surface area contributed by atoms with Gasteiger partial charge in [0.1, 0.15) is 12.4 Å². The fourth-order valence-electron chi connectivity index (χ4n) is 1.70. The van der Waals surface area contributed by atoms with Crippen molar-refractivity contribution in [3.63, 3.8) is 0 Å². The van der Waals surface area contributed by atoms with E-state index in [4.69, 9.17) is 9.47 Å². The van der Waals surface area contributed by atoms with Gasteiger partial charge in [0.2, 0.25) is 0 Å². The zero-order valence-corrected chi connectivity index (χ0v) is 13.9. The molecule has 0 aliphatic rings. The van der Waals surface area contributed by atoms with Crippen LogP contribution in [0, 0.1) is 0 Å². The second-order valence-corrected chi connectivity index (χ2v) is 5.78. The monoisotopic (exact) mass is 398 g/mol. The van der Waals surface area contributed by atoms with E-state index in [0.29, 0.717) is 17.9 Å². The summed E-state index contributed by atoms with van der Waals surface area (Å²) < 4.78 is 12.3. The van der Waals surface area contributed by atoms with E-state index in [1.807, 2.05) is 30.3 Å². The minimum absolute atomic E-state index is 0.297. The third-order valence-corrected chi connectivity index (χ3v) is 3.81. The number of esters is 1. The lowest BCUT2D eigenvalue weighted by molar-refractivity contribution is 0.0597. The van der Waals surface area contributed by atoms with E-state index in [1.54, 1.807) is 12.1 Å². The number of benzene rings is 2. The first-order chi connectivity index (χ1) is 9.61. The van der Waals surface area contributed by atoms with E-state index in [9.17, 15) is 4.79 Å². The van der Waals surface area contributed by atoms with E-state index >= 15 is 0 Å². The van der Waals surface area contributed by atoms with E-state index in [2.05, 4.69) is 31.9 Å². The zero-order chi connectivity index (χ0) is 14.5. The molecule has 2 aromatic rings. The van der Waals surface area contributed by atoms with Gasteiger partial charge in [-0.2, -0.15) is 0 Å². The van der Waals surface area contributed by atoms with Gasteiger partial charge in [-0.15, -0.1) is 0 Å². The van der Waals surface area contributed by atoms with Crippen molar-refractivity contribution in [2.24, 2.45) is 0 Å². The third-order valence-electron chi connectivity index (χ3n) is 2.70. The molecular formula is C15H12Br2O3. The summed E-state index contributed by atoms with van der Waals surface area (Å²) in [4.78, 5) is 11.7. The Labute approximate surface area is 134 Å². The highest BCUT2D eigenvalue weighted by molar-refractivity contribution is 9.11. The molecule has 0 radical (unpaired) electrons. The Balaban J connectivity index is 2.17. The predicted molar refractivity (Wildman–Crippen MR) is 84.0 cm³/mol. The zero-order valence-electron chi connectivity index (χ0n) is 10.7. The maximum Gasteiger partial charge on any atom is 0.338 e. The minimum atomic E-state index is -0.362. The van der Waals surface area contributed by atoms with Gasteiger partial charge in [-0.1, -0.05) is 34.1 Å². The number of hydrogen-bond acceptors (Lipinski definition) is 3. The molecule has 0 aromatic heterocycles. The Morgan fingerprint density at radius 2 is 1.90 bits per heavy atom. The molecule has 0 aliphatic heterocycles. The van der Waals surface area contributed by atoms with E-state index < -0.39 is 0 Å². The Hall–Kier alpha value is -1.33. The standard InChI is InChI=1S/C15H12Br2O3/c1-19-15(18)12-5-3-2-4-10(12)9-20-14-7-6-11(16)8-13(14)17/h2-8H,9H2,1H3. The largest absolute Gasteiger partial charge is 0.488 e. The molecule has 0 saturated carbocycles. The molecule has 5 heteroatoms. The highest BCUT2D eigenvalue weighted by Gasteiger charge is 2.11. The average molecular weight is 400 g/mol. The van der Waals surface area contributed by atoms with Gasteiger partial charge in [-0.05, 0) is 40.2 Å². The average Bonchev–Trinajstić information content (AvgIpc) is 2.46. The van der Waals surface area contributed by atoms with E-state index in [-0.39, 0.29) is 5.97 Å². The van der Waals surface area contributed by atoms with Gasteiger partial charge in [0.15, 0.2) is 0 Å². The number of rotatable bonds is 4. The Kier molecular flexibility index (Phi) is 5.20. The maximum atomic E-state index is 11.7.